The van der Waals surface area contributed by atoms with Crippen molar-refractivity contribution in [2.24, 2.45) is 0 Å². The van der Waals surface area contributed by atoms with Gasteiger partial charge in [0, 0.05) is 21.4 Å². The lowest BCUT2D eigenvalue weighted by Gasteiger charge is -1.98. The Balaban J connectivity index is 2.02. The van der Waals surface area contributed by atoms with E-state index in [9.17, 15) is 0 Å². The zero-order valence-electron chi connectivity index (χ0n) is 10.7. The second-order valence-electron chi connectivity index (χ2n) is 4.36. The number of nitrogens with zero attached hydrogens (tertiary/aromatic N) is 3. The second kappa shape index (κ2) is 5.05. The summed E-state index contributed by atoms with van der Waals surface area (Å²) in [6.07, 6.45) is 0. The molecule has 0 fully saturated rings. The SMILES string of the molecule is Cc1cccc(-c2noc(-c3cc(N)cc(Br)c3)n2)n1. The number of benzene rings is 1. The van der Waals surface area contributed by atoms with Gasteiger partial charge in [0.1, 0.15) is 5.69 Å². The lowest BCUT2D eigenvalue weighted by molar-refractivity contribution is 0.432. The van der Waals surface area contributed by atoms with Crippen molar-refractivity contribution < 1.29 is 4.52 Å². The van der Waals surface area contributed by atoms with Crippen LogP contribution in [-0.4, -0.2) is 15.1 Å². The minimum Gasteiger partial charge on any atom is -0.399 e. The van der Waals surface area contributed by atoms with Crippen LogP contribution in [0.4, 0.5) is 5.69 Å². The average molecular weight is 331 g/mol. The highest BCUT2D eigenvalue weighted by molar-refractivity contribution is 9.10. The standard InChI is InChI=1S/C14H11BrN4O/c1-8-3-2-4-12(17-8)13-18-14(20-19-13)9-5-10(15)7-11(16)6-9/h2-7H,16H2,1H3. The first-order valence-corrected chi connectivity index (χ1v) is 6.75. The molecule has 1 aromatic carbocycles. The lowest BCUT2D eigenvalue weighted by Crippen LogP contribution is -1.88. The third-order valence-corrected chi connectivity index (χ3v) is 3.17. The molecular weight excluding hydrogens is 320 g/mol. The highest BCUT2D eigenvalue weighted by atomic mass is 79.9. The van der Waals surface area contributed by atoms with E-state index in [-0.39, 0.29) is 0 Å². The molecule has 3 rings (SSSR count). The van der Waals surface area contributed by atoms with Crippen molar-refractivity contribution >= 4 is 21.6 Å². The first-order chi connectivity index (χ1) is 9.61. The van der Waals surface area contributed by atoms with E-state index < -0.39 is 0 Å². The van der Waals surface area contributed by atoms with E-state index in [4.69, 9.17) is 10.3 Å². The molecule has 100 valence electrons. The maximum absolute atomic E-state index is 5.80. The number of pyridine rings is 1. The summed E-state index contributed by atoms with van der Waals surface area (Å²) in [6.45, 7) is 1.92. The molecule has 0 unspecified atom stereocenters. The van der Waals surface area contributed by atoms with Crippen LogP contribution >= 0.6 is 15.9 Å². The fourth-order valence-electron chi connectivity index (χ4n) is 1.85. The van der Waals surface area contributed by atoms with Gasteiger partial charge in [-0.1, -0.05) is 27.2 Å². The monoisotopic (exact) mass is 330 g/mol. The first-order valence-electron chi connectivity index (χ1n) is 5.96. The number of aryl methyl sites for hydroxylation is 1. The summed E-state index contributed by atoms with van der Waals surface area (Å²) >= 11 is 3.39. The van der Waals surface area contributed by atoms with Gasteiger partial charge in [-0.3, -0.25) is 0 Å². The van der Waals surface area contributed by atoms with E-state index >= 15 is 0 Å². The van der Waals surface area contributed by atoms with Crippen molar-refractivity contribution in [2.45, 2.75) is 6.92 Å². The predicted octanol–water partition coefficient (Wildman–Crippen LogP) is 3.45. The molecule has 2 heterocycles. The van der Waals surface area contributed by atoms with Gasteiger partial charge in [-0.2, -0.15) is 4.98 Å². The van der Waals surface area contributed by atoms with Crippen LogP contribution in [0.1, 0.15) is 5.69 Å². The molecule has 0 bridgehead atoms. The van der Waals surface area contributed by atoms with Crippen molar-refractivity contribution in [3.63, 3.8) is 0 Å². The van der Waals surface area contributed by atoms with Gasteiger partial charge in [0.2, 0.25) is 5.82 Å². The molecule has 0 saturated carbocycles. The normalized spacial score (nSPS) is 10.7. The van der Waals surface area contributed by atoms with Gasteiger partial charge in [0.25, 0.3) is 5.89 Å². The van der Waals surface area contributed by atoms with Crippen LogP contribution in [0, 0.1) is 6.92 Å². The Labute approximate surface area is 124 Å². The average Bonchev–Trinajstić information content (AvgIpc) is 2.87. The molecule has 5 nitrogen and oxygen atoms in total. The molecule has 6 heteroatoms. The molecule has 0 aliphatic heterocycles. The van der Waals surface area contributed by atoms with E-state index in [0.717, 1.165) is 15.7 Å². The molecule has 0 aliphatic rings. The quantitative estimate of drug-likeness (QED) is 0.728. The van der Waals surface area contributed by atoms with Crippen molar-refractivity contribution in [2.75, 3.05) is 5.73 Å². The van der Waals surface area contributed by atoms with Crippen molar-refractivity contribution in [3.05, 3.63) is 46.6 Å². The van der Waals surface area contributed by atoms with Crippen molar-refractivity contribution in [1.29, 1.82) is 0 Å². The summed E-state index contributed by atoms with van der Waals surface area (Å²) in [5, 5.41) is 3.96. The zero-order valence-corrected chi connectivity index (χ0v) is 12.3. The summed E-state index contributed by atoms with van der Waals surface area (Å²) in [6, 6.07) is 11.1. The van der Waals surface area contributed by atoms with E-state index in [1.165, 1.54) is 0 Å². The maximum Gasteiger partial charge on any atom is 0.258 e. The molecule has 2 N–H and O–H groups in total. The number of nitrogen functional groups attached to an aromatic ring is 1. The van der Waals surface area contributed by atoms with Crippen LogP contribution in [0.3, 0.4) is 0 Å². The van der Waals surface area contributed by atoms with Gasteiger partial charge >= 0.3 is 0 Å². The van der Waals surface area contributed by atoms with Gasteiger partial charge in [-0.25, -0.2) is 4.98 Å². The van der Waals surface area contributed by atoms with Gasteiger partial charge in [0.05, 0.1) is 0 Å². The third kappa shape index (κ3) is 2.55. The molecule has 0 amide bonds. The van der Waals surface area contributed by atoms with E-state index in [0.29, 0.717) is 23.1 Å². The Morgan fingerprint density at radius 3 is 2.75 bits per heavy atom. The number of aromatic nitrogens is 3. The second-order valence-corrected chi connectivity index (χ2v) is 5.28. The van der Waals surface area contributed by atoms with Gasteiger partial charge in [0.15, 0.2) is 0 Å². The van der Waals surface area contributed by atoms with Crippen LogP contribution in [0.15, 0.2) is 45.4 Å². The Hall–Kier alpha value is -2.21. The third-order valence-electron chi connectivity index (χ3n) is 2.71. The Bertz CT molecular complexity index is 749. The molecule has 0 atom stereocenters. The highest BCUT2D eigenvalue weighted by Gasteiger charge is 2.12. The maximum atomic E-state index is 5.80. The number of nitrogens with two attached hydrogens (primary N) is 1. The number of rotatable bonds is 2. The number of anilines is 1. The van der Waals surface area contributed by atoms with E-state index in [2.05, 4.69) is 31.1 Å². The molecule has 0 radical (unpaired) electrons. The minimum absolute atomic E-state index is 0.413. The molecular formula is C14H11BrN4O. The number of hydrogen-bond donors (Lipinski definition) is 1. The summed E-state index contributed by atoms with van der Waals surface area (Å²) in [5.74, 6) is 0.874. The first kappa shape index (κ1) is 12.8. The molecule has 20 heavy (non-hydrogen) atoms. The number of hydrogen-bond acceptors (Lipinski definition) is 5. The topological polar surface area (TPSA) is 77.8 Å². The summed E-state index contributed by atoms with van der Waals surface area (Å²) in [7, 11) is 0. The lowest BCUT2D eigenvalue weighted by atomic mass is 10.2. The van der Waals surface area contributed by atoms with E-state index in [1.54, 1.807) is 6.07 Å². The fourth-order valence-corrected chi connectivity index (χ4v) is 2.36. The Kier molecular flexibility index (Phi) is 3.23. The number of halogens is 1. The Morgan fingerprint density at radius 2 is 2.00 bits per heavy atom. The van der Waals surface area contributed by atoms with Crippen molar-refractivity contribution in [1.82, 2.24) is 15.1 Å². The summed E-state index contributed by atoms with van der Waals surface area (Å²) in [5.41, 5.74) is 8.78. The molecule has 2 aromatic heterocycles. The molecule has 0 saturated heterocycles. The summed E-state index contributed by atoms with van der Waals surface area (Å²) in [4.78, 5) is 8.72. The highest BCUT2D eigenvalue weighted by Crippen LogP contribution is 2.26. The van der Waals surface area contributed by atoms with Gasteiger partial charge < -0.3 is 10.3 Å². The molecule has 0 spiro atoms. The van der Waals surface area contributed by atoms with Crippen LogP contribution in [0.25, 0.3) is 23.0 Å². The van der Waals surface area contributed by atoms with Crippen LogP contribution in [0.2, 0.25) is 0 Å². The smallest absolute Gasteiger partial charge is 0.258 e. The van der Waals surface area contributed by atoms with Crippen LogP contribution < -0.4 is 5.73 Å². The Morgan fingerprint density at radius 1 is 1.15 bits per heavy atom. The minimum atomic E-state index is 0.413. The largest absolute Gasteiger partial charge is 0.399 e. The van der Waals surface area contributed by atoms with Gasteiger partial charge in [-0.05, 0) is 37.3 Å². The molecule has 3 aromatic rings. The van der Waals surface area contributed by atoms with Crippen LogP contribution in [0.5, 0.6) is 0 Å². The zero-order chi connectivity index (χ0) is 14.1. The van der Waals surface area contributed by atoms with Crippen molar-refractivity contribution in [3.8, 4) is 23.0 Å². The fraction of sp³-hybridized carbons (Fsp3) is 0.0714. The van der Waals surface area contributed by atoms with Crippen LogP contribution in [-0.2, 0) is 0 Å². The van der Waals surface area contributed by atoms with E-state index in [1.807, 2.05) is 37.3 Å². The predicted molar refractivity (Wildman–Crippen MR) is 79.8 cm³/mol. The van der Waals surface area contributed by atoms with Gasteiger partial charge in [-0.15, -0.1) is 0 Å². The summed E-state index contributed by atoms with van der Waals surface area (Å²) < 4.78 is 6.14. The molecule has 0 aliphatic carbocycles.